The SMILES string of the molecule is COc1cccc(-c2ccc3nnc(SCc4cccc(C)c4)n3n2)c1. The zero-order chi connectivity index (χ0) is 17.9. The van der Waals surface area contributed by atoms with Crippen LogP contribution in [0.1, 0.15) is 11.1 Å². The molecule has 4 rings (SSSR count). The minimum atomic E-state index is 0.739. The van der Waals surface area contributed by atoms with Crippen molar-refractivity contribution in [1.82, 2.24) is 19.8 Å². The van der Waals surface area contributed by atoms with Crippen molar-refractivity contribution in [2.24, 2.45) is 0 Å². The first-order valence-corrected chi connectivity index (χ1v) is 9.27. The number of methoxy groups -OCH3 is 1. The Labute approximate surface area is 156 Å². The quantitative estimate of drug-likeness (QED) is 0.493. The number of nitrogens with zero attached hydrogens (tertiary/aromatic N) is 4. The molecule has 0 aliphatic carbocycles. The number of aryl methyl sites for hydroxylation is 1. The highest BCUT2D eigenvalue weighted by Crippen LogP contribution is 2.25. The average molecular weight is 362 g/mol. The van der Waals surface area contributed by atoms with E-state index in [1.165, 1.54) is 11.1 Å². The Morgan fingerprint density at radius 2 is 1.88 bits per heavy atom. The minimum absolute atomic E-state index is 0.739. The molecule has 0 saturated carbocycles. The summed E-state index contributed by atoms with van der Waals surface area (Å²) in [7, 11) is 1.66. The third-order valence-corrected chi connectivity index (χ3v) is 5.04. The Hall–Kier alpha value is -2.86. The number of fused-ring (bicyclic) bond motifs is 1. The molecule has 0 saturated heterocycles. The van der Waals surface area contributed by atoms with Gasteiger partial charge in [0, 0.05) is 11.3 Å². The standard InChI is InChI=1S/C20H18N4OS/c1-14-5-3-6-15(11-14)13-26-20-22-21-19-10-9-18(23-24(19)20)16-7-4-8-17(12-16)25-2/h3-12H,13H2,1-2H3. The minimum Gasteiger partial charge on any atom is -0.497 e. The molecule has 26 heavy (non-hydrogen) atoms. The molecule has 4 aromatic rings. The molecule has 0 fully saturated rings. The number of thioether (sulfide) groups is 1. The lowest BCUT2D eigenvalue weighted by atomic mass is 10.1. The van der Waals surface area contributed by atoms with Crippen molar-refractivity contribution in [3.63, 3.8) is 0 Å². The van der Waals surface area contributed by atoms with Gasteiger partial charge >= 0.3 is 0 Å². The molecule has 0 bridgehead atoms. The van der Waals surface area contributed by atoms with Gasteiger partial charge in [0.25, 0.3) is 0 Å². The molecule has 5 nitrogen and oxygen atoms in total. The molecule has 2 aromatic carbocycles. The normalized spacial score (nSPS) is 11.0. The first-order valence-electron chi connectivity index (χ1n) is 8.28. The van der Waals surface area contributed by atoms with Crippen LogP contribution in [-0.4, -0.2) is 26.9 Å². The molecule has 2 aromatic heterocycles. The summed E-state index contributed by atoms with van der Waals surface area (Å²) in [5.74, 6) is 1.63. The van der Waals surface area contributed by atoms with Gasteiger partial charge in [0.15, 0.2) is 5.65 Å². The van der Waals surface area contributed by atoms with Crippen molar-refractivity contribution in [1.29, 1.82) is 0 Å². The lowest BCUT2D eigenvalue weighted by molar-refractivity contribution is 0.415. The summed E-state index contributed by atoms with van der Waals surface area (Å²) in [5, 5.41) is 14.0. The summed E-state index contributed by atoms with van der Waals surface area (Å²) in [5.41, 5.74) is 5.11. The second-order valence-electron chi connectivity index (χ2n) is 5.98. The van der Waals surface area contributed by atoms with E-state index in [-0.39, 0.29) is 0 Å². The maximum Gasteiger partial charge on any atom is 0.212 e. The van der Waals surface area contributed by atoms with Crippen molar-refractivity contribution in [2.75, 3.05) is 7.11 Å². The van der Waals surface area contributed by atoms with E-state index in [2.05, 4.69) is 41.4 Å². The van der Waals surface area contributed by atoms with Gasteiger partial charge < -0.3 is 4.74 Å². The zero-order valence-electron chi connectivity index (χ0n) is 14.6. The summed E-state index contributed by atoms with van der Waals surface area (Å²) in [6, 6.07) is 20.2. The van der Waals surface area contributed by atoms with Gasteiger partial charge in [-0.3, -0.25) is 0 Å². The van der Waals surface area contributed by atoms with Crippen molar-refractivity contribution in [3.8, 4) is 17.0 Å². The van der Waals surface area contributed by atoms with Gasteiger partial charge in [0.2, 0.25) is 5.16 Å². The van der Waals surface area contributed by atoms with Gasteiger partial charge in [0.05, 0.1) is 12.8 Å². The lowest BCUT2D eigenvalue weighted by Gasteiger charge is -2.05. The number of hydrogen-bond donors (Lipinski definition) is 0. The second-order valence-corrected chi connectivity index (χ2v) is 6.92. The van der Waals surface area contributed by atoms with E-state index < -0.39 is 0 Å². The van der Waals surface area contributed by atoms with Gasteiger partial charge in [-0.15, -0.1) is 10.2 Å². The van der Waals surface area contributed by atoms with Crippen LogP contribution in [0.25, 0.3) is 16.9 Å². The van der Waals surface area contributed by atoms with E-state index in [4.69, 9.17) is 9.84 Å². The van der Waals surface area contributed by atoms with E-state index in [1.807, 2.05) is 36.4 Å². The van der Waals surface area contributed by atoms with Gasteiger partial charge in [0.1, 0.15) is 5.75 Å². The van der Waals surface area contributed by atoms with Gasteiger partial charge in [-0.25, -0.2) is 0 Å². The Kier molecular flexibility index (Phi) is 4.58. The van der Waals surface area contributed by atoms with Crippen LogP contribution < -0.4 is 4.74 Å². The van der Waals surface area contributed by atoms with Crippen molar-refractivity contribution in [2.45, 2.75) is 17.8 Å². The first-order chi connectivity index (χ1) is 12.7. The third kappa shape index (κ3) is 3.41. The van der Waals surface area contributed by atoms with Crippen LogP contribution in [0.2, 0.25) is 0 Å². The summed E-state index contributed by atoms with van der Waals surface area (Å²) >= 11 is 1.63. The molecule has 0 amide bonds. The number of rotatable bonds is 5. The molecule has 0 spiro atoms. The number of aromatic nitrogens is 4. The maximum atomic E-state index is 5.31. The molecule has 0 unspecified atom stereocenters. The molecule has 2 heterocycles. The third-order valence-electron chi connectivity index (χ3n) is 4.05. The van der Waals surface area contributed by atoms with Crippen molar-refractivity contribution in [3.05, 3.63) is 71.8 Å². The summed E-state index contributed by atoms with van der Waals surface area (Å²) in [6.07, 6.45) is 0. The van der Waals surface area contributed by atoms with Gasteiger partial charge in [-0.1, -0.05) is 53.7 Å². The first kappa shape index (κ1) is 16.6. The number of ether oxygens (including phenoxy) is 1. The fourth-order valence-corrected chi connectivity index (χ4v) is 3.58. The van der Waals surface area contributed by atoms with Crippen LogP contribution in [-0.2, 0) is 5.75 Å². The predicted octanol–water partition coefficient (Wildman–Crippen LogP) is 4.40. The summed E-state index contributed by atoms with van der Waals surface area (Å²) in [6.45, 7) is 2.10. The smallest absolute Gasteiger partial charge is 0.212 e. The van der Waals surface area contributed by atoms with E-state index in [9.17, 15) is 0 Å². The van der Waals surface area contributed by atoms with Crippen molar-refractivity contribution >= 4 is 17.4 Å². The largest absolute Gasteiger partial charge is 0.497 e. The summed E-state index contributed by atoms with van der Waals surface area (Å²) in [4.78, 5) is 0. The maximum absolute atomic E-state index is 5.31. The van der Waals surface area contributed by atoms with Crippen LogP contribution in [0.5, 0.6) is 5.75 Å². The molecule has 0 aliphatic rings. The molecule has 0 radical (unpaired) electrons. The fourth-order valence-electron chi connectivity index (χ4n) is 2.75. The summed E-state index contributed by atoms with van der Waals surface area (Å²) < 4.78 is 7.11. The van der Waals surface area contributed by atoms with Crippen LogP contribution >= 0.6 is 11.8 Å². The Balaban J connectivity index is 1.64. The van der Waals surface area contributed by atoms with E-state index in [1.54, 1.807) is 23.4 Å². The molecule has 6 heteroatoms. The molecule has 0 atom stereocenters. The average Bonchev–Trinajstić information content (AvgIpc) is 3.09. The number of benzene rings is 2. The Morgan fingerprint density at radius 3 is 2.73 bits per heavy atom. The molecule has 130 valence electrons. The highest BCUT2D eigenvalue weighted by atomic mass is 32.2. The van der Waals surface area contributed by atoms with Gasteiger partial charge in [-0.2, -0.15) is 9.61 Å². The zero-order valence-corrected chi connectivity index (χ0v) is 15.4. The lowest BCUT2D eigenvalue weighted by Crippen LogP contribution is -1.97. The molecule has 0 aliphatic heterocycles. The highest BCUT2D eigenvalue weighted by molar-refractivity contribution is 7.98. The van der Waals surface area contributed by atoms with Crippen LogP contribution in [0.15, 0.2) is 65.8 Å². The Bertz CT molecular complexity index is 1060. The molecular formula is C20H18N4OS. The second kappa shape index (κ2) is 7.17. The fraction of sp³-hybridized carbons (Fsp3) is 0.150. The number of hydrogen-bond acceptors (Lipinski definition) is 5. The van der Waals surface area contributed by atoms with E-state index in [0.29, 0.717) is 0 Å². The van der Waals surface area contributed by atoms with Crippen molar-refractivity contribution < 1.29 is 4.74 Å². The van der Waals surface area contributed by atoms with Crippen LogP contribution in [0.3, 0.4) is 0 Å². The molecular weight excluding hydrogens is 344 g/mol. The van der Waals surface area contributed by atoms with Crippen LogP contribution in [0, 0.1) is 6.92 Å². The topological polar surface area (TPSA) is 52.3 Å². The monoisotopic (exact) mass is 362 g/mol. The van der Waals surface area contributed by atoms with Crippen LogP contribution in [0.4, 0.5) is 0 Å². The van der Waals surface area contributed by atoms with E-state index >= 15 is 0 Å². The Morgan fingerprint density at radius 1 is 1.00 bits per heavy atom. The molecule has 0 N–H and O–H groups in total. The van der Waals surface area contributed by atoms with E-state index in [0.717, 1.165) is 33.6 Å². The van der Waals surface area contributed by atoms with Gasteiger partial charge in [-0.05, 0) is 36.8 Å². The highest BCUT2D eigenvalue weighted by Gasteiger charge is 2.10. The predicted molar refractivity (Wildman–Crippen MR) is 104 cm³/mol.